The lowest BCUT2D eigenvalue weighted by Gasteiger charge is -2.17. The van der Waals surface area contributed by atoms with E-state index in [9.17, 15) is 19.2 Å². The zero-order valence-electron chi connectivity index (χ0n) is 16.9. The highest BCUT2D eigenvalue weighted by molar-refractivity contribution is 5.93. The van der Waals surface area contributed by atoms with E-state index in [-0.39, 0.29) is 19.6 Å². The standard InChI is InChI=1S/C18H20N8O6/c1-10-8-26(18(30)22-16(10)28)14-6-12(23-25-19)13(32-14)9-31-15(27)7-21-24-17(29)11-2-4-20-5-3-11/h2-5,8,12-14,21H,6-7,9H2,1H3,(H,24,29)(H,22,28,30)/t12-,13+,14+/m0/s1. The summed E-state index contributed by atoms with van der Waals surface area (Å²) >= 11 is 0. The molecule has 0 aliphatic carbocycles. The molecule has 1 aliphatic heterocycles. The van der Waals surface area contributed by atoms with Gasteiger partial charge in [-0.15, -0.1) is 0 Å². The predicted octanol–water partition coefficient (Wildman–Crippen LogP) is -0.316. The van der Waals surface area contributed by atoms with Crippen molar-refractivity contribution in [3.63, 3.8) is 0 Å². The minimum Gasteiger partial charge on any atom is -0.462 e. The van der Waals surface area contributed by atoms with Crippen LogP contribution in [0.5, 0.6) is 0 Å². The quantitative estimate of drug-likeness (QED) is 0.162. The molecule has 0 radical (unpaired) electrons. The number of aromatic amines is 1. The van der Waals surface area contributed by atoms with Crippen molar-refractivity contribution >= 4 is 11.9 Å². The van der Waals surface area contributed by atoms with E-state index in [1.165, 1.54) is 42.2 Å². The number of rotatable bonds is 8. The van der Waals surface area contributed by atoms with Crippen molar-refractivity contribution in [1.82, 2.24) is 25.4 Å². The van der Waals surface area contributed by atoms with E-state index in [2.05, 4.69) is 30.8 Å². The van der Waals surface area contributed by atoms with Crippen LogP contribution in [0.2, 0.25) is 0 Å². The van der Waals surface area contributed by atoms with Crippen LogP contribution in [-0.2, 0) is 14.3 Å². The first-order valence-corrected chi connectivity index (χ1v) is 9.49. The first-order chi connectivity index (χ1) is 15.4. The minimum absolute atomic E-state index is 0.151. The molecule has 2 aromatic heterocycles. The molecule has 0 spiro atoms. The summed E-state index contributed by atoms with van der Waals surface area (Å²) in [5.74, 6) is -1.14. The lowest BCUT2D eigenvalue weighted by molar-refractivity contribution is -0.147. The van der Waals surface area contributed by atoms with Gasteiger partial charge in [0.25, 0.3) is 11.5 Å². The van der Waals surface area contributed by atoms with E-state index >= 15 is 0 Å². The first-order valence-electron chi connectivity index (χ1n) is 9.49. The number of carbonyl (C=O) groups is 2. The molecule has 32 heavy (non-hydrogen) atoms. The van der Waals surface area contributed by atoms with E-state index < -0.39 is 41.5 Å². The molecule has 0 aromatic carbocycles. The second kappa shape index (κ2) is 10.3. The van der Waals surface area contributed by atoms with Gasteiger partial charge in [-0.1, -0.05) is 5.11 Å². The smallest absolute Gasteiger partial charge is 0.330 e. The highest BCUT2D eigenvalue weighted by atomic mass is 16.6. The van der Waals surface area contributed by atoms with Crippen LogP contribution in [-0.4, -0.2) is 51.7 Å². The molecule has 3 rings (SSSR count). The van der Waals surface area contributed by atoms with Crippen LogP contribution in [0.3, 0.4) is 0 Å². The Bertz CT molecular complexity index is 1140. The molecule has 14 heteroatoms. The number of hydrazine groups is 1. The second-order valence-corrected chi connectivity index (χ2v) is 6.84. The van der Waals surface area contributed by atoms with Gasteiger partial charge in [0.1, 0.15) is 25.5 Å². The summed E-state index contributed by atoms with van der Waals surface area (Å²) in [6, 6.07) is 2.32. The zero-order chi connectivity index (χ0) is 23.1. The predicted molar refractivity (Wildman–Crippen MR) is 108 cm³/mol. The van der Waals surface area contributed by atoms with Crippen LogP contribution in [0.15, 0.2) is 45.4 Å². The lowest BCUT2D eigenvalue weighted by atomic mass is 10.1. The van der Waals surface area contributed by atoms with Gasteiger partial charge in [-0.2, -0.15) is 0 Å². The number of amides is 1. The molecule has 14 nitrogen and oxygen atoms in total. The average molecular weight is 444 g/mol. The summed E-state index contributed by atoms with van der Waals surface area (Å²) in [6.07, 6.45) is 2.81. The fraction of sp³-hybridized carbons (Fsp3) is 0.389. The van der Waals surface area contributed by atoms with Crippen molar-refractivity contribution in [2.24, 2.45) is 5.11 Å². The molecular weight excluding hydrogens is 424 g/mol. The molecule has 0 saturated carbocycles. The van der Waals surface area contributed by atoms with Gasteiger partial charge in [-0.05, 0) is 24.6 Å². The van der Waals surface area contributed by atoms with Crippen LogP contribution < -0.4 is 22.1 Å². The molecule has 1 amide bonds. The lowest BCUT2D eigenvalue weighted by Crippen LogP contribution is -2.41. The topological polar surface area (TPSA) is 193 Å². The third-order valence-corrected chi connectivity index (χ3v) is 4.65. The number of H-pyrrole nitrogens is 1. The highest BCUT2D eigenvalue weighted by Crippen LogP contribution is 2.30. The van der Waals surface area contributed by atoms with Gasteiger partial charge in [0.05, 0.1) is 6.04 Å². The van der Waals surface area contributed by atoms with Gasteiger partial charge < -0.3 is 9.47 Å². The third kappa shape index (κ3) is 5.57. The van der Waals surface area contributed by atoms with Crippen molar-refractivity contribution in [1.29, 1.82) is 0 Å². The Hall–Kier alpha value is -4.00. The number of nitrogens with zero attached hydrogens (tertiary/aromatic N) is 5. The maximum Gasteiger partial charge on any atom is 0.330 e. The number of carbonyl (C=O) groups excluding carboxylic acids is 2. The molecule has 3 atom stereocenters. The summed E-state index contributed by atoms with van der Waals surface area (Å²) in [5, 5.41) is 3.65. The molecule has 0 unspecified atom stereocenters. The summed E-state index contributed by atoms with van der Waals surface area (Å²) in [5.41, 5.74) is 13.1. The third-order valence-electron chi connectivity index (χ3n) is 4.65. The van der Waals surface area contributed by atoms with Crippen LogP contribution >= 0.6 is 0 Å². The van der Waals surface area contributed by atoms with Gasteiger partial charge >= 0.3 is 11.7 Å². The van der Waals surface area contributed by atoms with Crippen molar-refractivity contribution in [2.75, 3.05) is 13.2 Å². The average Bonchev–Trinajstić information content (AvgIpc) is 3.18. The van der Waals surface area contributed by atoms with E-state index in [0.717, 1.165) is 0 Å². The number of pyridine rings is 1. The highest BCUT2D eigenvalue weighted by Gasteiger charge is 2.37. The monoisotopic (exact) mass is 444 g/mol. The first kappa shape index (κ1) is 22.7. The van der Waals surface area contributed by atoms with E-state index in [1.54, 1.807) is 0 Å². The fourth-order valence-electron chi connectivity index (χ4n) is 3.02. The van der Waals surface area contributed by atoms with E-state index in [1.807, 2.05) is 0 Å². The van der Waals surface area contributed by atoms with Gasteiger partial charge in [-0.3, -0.25) is 34.3 Å². The van der Waals surface area contributed by atoms with E-state index in [4.69, 9.17) is 15.0 Å². The maximum absolute atomic E-state index is 12.1. The number of aromatic nitrogens is 3. The number of azide groups is 1. The number of esters is 1. The Morgan fingerprint density at radius 2 is 2.16 bits per heavy atom. The minimum atomic E-state index is -0.810. The van der Waals surface area contributed by atoms with Gasteiger partial charge in [0.15, 0.2) is 0 Å². The Balaban J connectivity index is 1.53. The summed E-state index contributed by atoms with van der Waals surface area (Å²) in [7, 11) is 0. The van der Waals surface area contributed by atoms with Crippen LogP contribution in [0.25, 0.3) is 10.4 Å². The van der Waals surface area contributed by atoms with Crippen LogP contribution in [0, 0.1) is 6.92 Å². The summed E-state index contributed by atoms with van der Waals surface area (Å²) in [4.78, 5) is 56.2. The molecule has 1 aliphatic rings. The fourth-order valence-corrected chi connectivity index (χ4v) is 3.02. The number of hydrogen-bond acceptors (Lipinski definition) is 9. The summed E-state index contributed by atoms with van der Waals surface area (Å²) in [6.45, 7) is 0.974. The van der Waals surface area contributed by atoms with Crippen molar-refractivity contribution in [3.05, 3.63) is 73.1 Å². The Morgan fingerprint density at radius 3 is 2.88 bits per heavy atom. The molecule has 2 aromatic rings. The molecular formula is C18H20N8O6. The number of aryl methyl sites for hydroxylation is 1. The van der Waals surface area contributed by atoms with Crippen molar-refractivity contribution < 1.29 is 19.1 Å². The Morgan fingerprint density at radius 1 is 1.41 bits per heavy atom. The largest absolute Gasteiger partial charge is 0.462 e. The zero-order valence-corrected chi connectivity index (χ0v) is 16.9. The summed E-state index contributed by atoms with van der Waals surface area (Å²) < 4.78 is 12.1. The Labute approximate surface area is 180 Å². The second-order valence-electron chi connectivity index (χ2n) is 6.84. The van der Waals surface area contributed by atoms with Gasteiger partial charge in [0.2, 0.25) is 0 Å². The number of nitrogens with one attached hydrogen (secondary N) is 3. The van der Waals surface area contributed by atoms with Crippen molar-refractivity contribution in [3.8, 4) is 0 Å². The molecule has 3 N–H and O–H groups in total. The number of hydrogen-bond donors (Lipinski definition) is 3. The maximum atomic E-state index is 12.1. The van der Waals surface area contributed by atoms with Gasteiger partial charge in [-0.25, -0.2) is 10.2 Å². The van der Waals surface area contributed by atoms with Gasteiger partial charge in [0, 0.05) is 41.0 Å². The molecule has 168 valence electrons. The van der Waals surface area contributed by atoms with E-state index in [0.29, 0.717) is 11.1 Å². The molecule has 1 saturated heterocycles. The number of ether oxygens (including phenoxy) is 2. The Kier molecular flexibility index (Phi) is 7.33. The SMILES string of the molecule is Cc1cn([C@H]2C[C@H](N=[N+]=[N-])[C@@H](COC(=O)CNNC(=O)c3ccncc3)O2)c(=O)[nH]c1=O. The molecule has 0 bridgehead atoms. The molecule has 3 heterocycles. The van der Waals surface area contributed by atoms with Crippen LogP contribution in [0.4, 0.5) is 0 Å². The van der Waals surface area contributed by atoms with Crippen LogP contribution in [0.1, 0.15) is 28.6 Å². The van der Waals surface area contributed by atoms with Crippen molar-refractivity contribution in [2.45, 2.75) is 31.7 Å². The molecule has 1 fully saturated rings. The normalized spacial score (nSPS) is 19.7.